The van der Waals surface area contributed by atoms with Crippen molar-refractivity contribution in [3.8, 4) is 0 Å². The molecule has 1 aliphatic heterocycles. The SMILES string of the molecule is NCc1nc(C2CCS(=O)(=O)C2)no1. The number of nitrogens with two attached hydrogens (primary N) is 1. The second kappa shape index (κ2) is 3.32. The molecular weight excluding hydrogens is 206 g/mol. The van der Waals surface area contributed by atoms with Crippen molar-refractivity contribution in [2.75, 3.05) is 11.5 Å². The van der Waals surface area contributed by atoms with E-state index in [0.29, 0.717) is 18.1 Å². The molecule has 1 saturated heterocycles. The molecule has 1 fully saturated rings. The van der Waals surface area contributed by atoms with Crippen LogP contribution in [0.3, 0.4) is 0 Å². The molecule has 7 heteroatoms. The van der Waals surface area contributed by atoms with Gasteiger partial charge >= 0.3 is 0 Å². The number of aromatic nitrogens is 2. The highest BCUT2D eigenvalue weighted by atomic mass is 32.2. The largest absolute Gasteiger partial charge is 0.338 e. The predicted molar refractivity (Wildman–Crippen MR) is 48.2 cm³/mol. The number of hydrogen-bond donors (Lipinski definition) is 1. The molecule has 0 aromatic carbocycles. The van der Waals surface area contributed by atoms with Crippen LogP contribution in [0.15, 0.2) is 4.52 Å². The Bertz CT molecular complexity index is 425. The average molecular weight is 217 g/mol. The summed E-state index contributed by atoms with van der Waals surface area (Å²) in [6.45, 7) is 0.187. The van der Waals surface area contributed by atoms with Gasteiger partial charge in [-0.05, 0) is 6.42 Å². The number of rotatable bonds is 2. The predicted octanol–water partition coefficient (Wildman–Crippen LogP) is -0.570. The van der Waals surface area contributed by atoms with E-state index in [2.05, 4.69) is 10.1 Å². The van der Waals surface area contributed by atoms with Crippen molar-refractivity contribution in [1.82, 2.24) is 10.1 Å². The molecule has 0 aliphatic carbocycles. The van der Waals surface area contributed by atoms with Gasteiger partial charge in [0.15, 0.2) is 15.7 Å². The molecule has 1 unspecified atom stereocenters. The fourth-order valence-electron chi connectivity index (χ4n) is 1.52. The van der Waals surface area contributed by atoms with E-state index in [1.165, 1.54) is 0 Å². The average Bonchev–Trinajstić information content (AvgIpc) is 2.70. The maximum absolute atomic E-state index is 11.2. The van der Waals surface area contributed by atoms with Gasteiger partial charge in [0.2, 0.25) is 5.89 Å². The molecule has 0 amide bonds. The Morgan fingerprint density at radius 3 is 2.86 bits per heavy atom. The summed E-state index contributed by atoms with van der Waals surface area (Å²) in [5.41, 5.74) is 5.30. The highest BCUT2D eigenvalue weighted by molar-refractivity contribution is 7.91. The number of hydrogen-bond acceptors (Lipinski definition) is 6. The molecule has 78 valence electrons. The van der Waals surface area contributed by atoms with Crippen molar-refractivity contribution in [2.24, 2.45) is 5.73 Å². The Balaban J connectivity index is 2.17. The van der Waals surface area contributed by atoms with E-state index in [1.54, 1.807) is 0 Å². The van der Waals surface area contributed by atoms with Gasteiger partial charge in [0.05, 0.1) is 18.1 Å². The molecule has 0 bridgehead atoms. The molecule has 1 aliphatic rings. The monoisotopic (exact) mass is 217 g/mol. The van der Waals surface area contributed by atoms with Gasteiger partial charge in [0.1, 0.15) is 0 Å². The first kappa shape index (κ1) is 9.60. The fraction of sp³-hybridized carbons (Fsp3) is 0.714. The van der Waals surface area contributed by atoms with Crippen LogP contribution < -0.4 is 5.73 Å². The summed E-state index contributed by atoms with van der Waals surface area (Å²) < 4.78 is 27.2. The summed E-state index contributed by atoms with van der Waals surface area (Å²) in [5.74, 6) is 1.03. The maximum atomic E-state index is 11.2. The first-order valence-electron chi connectivity index (χ1n) is 4.34. The first-order valence-corrected chi connectivity index (χ1v) is 6.16. The molecule has 1 aromatic heterocycles. The van der Waals surface area contributed by atoms with Gasteiger partial charge < -0.3 is 10.3 Å². The Hall–Kier alpha value is -0.950. The zero-order valence-electron chi connectivity index (χ0n) is 7.51. The van der Waals surface area contributed by atoms with Gasteiger partial charge in [0.25, 0.3) is 0 Å². The molecule has 0 spiro atoms. The van der Waals surface area contributed by atoms with Crippen molar-refractivity contribution >= 4 is 9.84 Å². The standard InChI is InChI=1S/C7H11N3O3S/c8-3-6-9-7(10-13-6)5-1-2-14(11,12)4-5/h5H,1-4,8H2. The molecule has 2 N–H and O–H groups in total. The molecule has 0 saturated carbocycles. The first-order chi connectivity index (χ1) is 6.61. The number of nitrogens with zero attached hydrogens (tertiary/aromatic N) is 2. The Morgan fingerprint density at radius 1 is 1.57 bits per heavy atom. The molecule has 1 aromatic rings. The van der Waals surface area contributed by atoms with E-state index in [0.717, 1.165) is 0 Å². The van der Waals surface area contributed by atoms with Crippen LogP contribution in [0.1, 0.15) is 24.1 Å². The Morgan fingerprint density at radius 2 is 2.36 bits per heavy atom. The third-order valence-electron chi connectivity index (χ3n) is 2.26. The van der Waals surface area contributed by atoms with Crippen LogP contribution in [-0.4, -0.2) is 30.1 Å². The molecular formula is C7H11N3O3S. The van der Waals surface area contributed by atoms with E-state index in [-0.39, 0.29) is 24.0 Å². The molecule has 0 radical (unpaired) electrons. The van der Waals surface area contributed by atoms with Crippen molar-refractivity contribution in [1.29, 1.82) is 0 Å². The minimum Gasteiger partial charge on any atom is -0.338 e. The van der Waals surface area contributed by atoms with Crippen LogP contribution in [0.25, 0.3) is 0 Å². The smallest absolute Gasteiger partial charge is 0.240 e. The van der Waals surface area contributed by atoms with Gasteiger partial charge in [-0.15, -0.1) is 0 Å². The summed E-state index contributed by atoms with van der Waals surface area (Å²) in [5, 5.41) is 3.70. The van der Waals surface area contributed by atoms with Crippen molar-refractivity contribution in [3.05, 3.63) is 11.7 Å². The van der Waals surface area contributed by atoms with E-state index >= 15 is 0 Å². The second-order valence-corrected chi connectivity index (χ2v) is 5.58. The van der Waals surface area contributed by atoms with E-state index in [9.17, 15) is 8.42 Å². The topological polar surface area (TPSA) is 99.1 Å². The zero-order valence-corrected chi connectivity index (χ0v) is 8.33. The van der Waals surface area contributed by atoms with Crippen LogP contribution in [0, 0.1) is 0 Å². The van der Waals surface area contributed by atoms with Gasteiger partial charge in [0, 0.05) is 5.92 Å². The van der Waals surface area contributed by atoms with Crippen LogP contribution in [0.4, 0.5) is 0 Å². The van der Waals surface area contributed by atoms with Gasteiger partial charge in [-0.1, -0.05) is 5.16 Å². The fourth-order valence-corrected chi connectivity index (χ4v) is 3.25. The van der Waals surface area contributed by atoms with Gasteiger partial charge in [-0.3, -0.25) is 0 Å². The quantitative estimate of drug-likeness (QED) is 0.712. The normalized spacial score (nSPS) is 25.4. The van der Waals surface area contributed by atoms with Crippen LogP contribution >= 0.6 is 0 Å². The lowest BCUT2D eigenvalue weighted by Crippen LogP contribution is -2.05. The molecule has 2 rings (SSSR count). The minimum atomic E-state index is -2.89. The van der Waals surface area contributed by atoms with Crippen molar-refractivity contribution < 1.29 is 12.9 Å². The summed E-state index contributed by atoms with van der Waals surface area (Å²) in [6.07, 6.45) is 0.575. The molecule has 2 heterocycles. The van der Waals surface area contributed by atoms with Gasteiger partial charge in [-0.2, -0.15) is 4.98 Å². The zero-order chi connectivity index (χ0) is 10.2. The van der Waals surface area contributed by atoms with Crippen LogP contribution in [0.2, 0.25) is 0 Å². The molecule has 14 heavy (non-hydrogen) atoms. The van der Waals surface area contributed by atoms with E-state index in [4.69, 9.17) is 10.3 Å². The highest BCUT2D eigenvalue weighted by Crippen LogP contribution is 2.26. The summed E-state index contributed by atoms with van der Waals surface area (Å²) in [6, 6.07) is 0. The van der Waals surface area contributed by atoms with Gasteiger partial charge in [-0.25, -0.2) is 8.42 Å². The molecule has 6 nitrogen and oxygen atoms in total. The lowest BCUT2D eigenvalue weighted by Gasteiger charge is -1.97. The minimum absolute atomic E-state index is 0.121. The lowest BCUT2D eigenvalue weighted by atomic mass is 10.1. The lowest BCUT2D eigenvalue weighted by molar-refractivity contribution is 0.372. The Labute approximate surface area is 81.4 Å². The van der Waals surface area contributed by atoms with Crippen molar-refractivity contribution in [2.45, 2.75) is 18.9 Å². The summed E-state index contributed by atoms with van der Waals surface area (Å²) in [4.78, 5) is 4.01. The third kappa shape index (κ3) is 1.78. The van der Waals surface area contributed by atoms with Crippen molar-refractivity contribution in [3.63, 3.8) is 0 Å². The highest BCUT2D eigenvalue weighted by Gasteiger charge is 2.32. The van der Waals surface area contributed by atoms with Crippen LogP contribution in [-0.2, 0) is 16.4 Å². The second-order valence-electron chi connectivity index (χ2n) is 3.35. The third-order valence-corrected chi connectivity index (χ3v) is 4.02. The summed E-state index contributed by atoms with van der Waals surface area (Å²) >= 11 is 0. The summed E-state index contributed by atoms with van der Waals surface area (Å²) in [7, 11) is -2.89. The van der Waals surface area contributed by atoms with E-state index in [1.807, 2.05) is 0 Å². The Kier molecular flexibility index (Phi) is 2.28. The maximum Gasteiger partial charge on any atom is 0.240 e. The molecule has 1 atom stereocenters. The van der Waals surface area contributed by atoms with E-state index < -0.39 is 9.84 Å². The number of sulfone groups is 1. The van der Waals surface area contributed by atoms with Crippen LogP contribution in [0.5, 0.6) is 0 Å².